The first-order valence-electron chi connectivity index (χ1n) is 5.31. The molecule has 0 aliphatic rings. The lowest BCUT2D eigenvalue weighted by molar-refractivity contribution is 1.03. The number of nitrogens with zero attached hydrogens (tertiary/aromatic N) is 2. The molecule has 4 heteroatoms. The van der Waals surface area contributed by atoms with Gasteiger partial charge in [0.15, 0.2) is 4.77 Å². The summed E-state index contributed by atoms with van der Waals surface area (Å²) in [5.41, 5.74) is 3.07. The second-order valence-corrected chi connectivity index (χ2v) is 4.00. The van der Waals surface area contributed by atoms with Gasteiger partial charge in [0.2, 0.25) is 0 Å². The summed E-state index contributed by atoms with van der Waals surface area (Å²) in [7, 11) is 0. The lowest BCUT2D eigenvalue weighted by Gasteiger charge is -2.11. The van der Waals surface area contributed by atoms with E-state index in [1.807, 2.05) is 16.8 Å². The zero-order valence-corrected chi connectivity index (χ0v) is 10.5. The Labute approximate surface area is 110 Å². The van der Waals surface area contributed by atoms with E-state index in [0.29, 0.717) is 10.3 Å². The molecule has 18 heavy (non-hydrogen) atoms. The van der Waals surface area contributed by atoms with E-state index in [1.54, 1.807) is 24.4 Å². The molecule has 0 amide bonds. The van der Waals surface area contributed by atoms with Crippen LogP contribution in [0.2, 0.25) is 0 Å². The van der Waals surface area contributed by atoms with Crippen molar-refractivity contribution in [2.75, 3.05) is 0 Å². The molecule has 0 aliphatic heterocycles. The second kappa shape index (κ2) is 4.86. The molecule has 0 fully saturated rings. The van der Waals surface area contributed by atoms with Crippen molar-refractivity contribution in [3.05, 3.63) is 59.1 Å². The van der Waals surface area contributed by atoms with Gasteiger partial charge in [-0.2, -0.15) is 5.26 Å². The Morgan fingerprint density at radius 1 is 1.28 bits per heavy atom. The molecule has 1 aromatic carbocycles. The fraction of sp³-hybridized carbons (Fsp3) is 0. The van der Waals surface area contributed by atoms with Crippen molar-refractivity contribution in [3.8, 4) is 11.8 Å². The predicted octanol–water partition coefficient (Wildman–Crippen LogP) is 3.69. The summed E-state index contributed by atoms with van der Waals surface area (Å²) < 4.78 is 2.43. The molecule has 0 aliphatic carbocycles. The van der Waals surface area contributed by atoms with Crippen LogP contribution >= 0.6 is 12.2 Å². The molecule has 88 valence electrons. The largest absolute Gasteiger partial charge is 0.337 e. The van der Waals surface area contributed by atoms with Gasteiger partial charge in [-0.15, -0.1) is 0 Å². The van der Waals surface area contributed by atoms with Gasteiger partial charge in [-0.3, -0.25) is 4.57 Å². The molecule has 0 radical (unpaired) electrons. The van der Waals surface area contributed by atoms with Gasteiger partial charge in [-0.05, 0) is 24.4 Å². The van der Waals surface area contributed by atoms with Crippen LogP contribution in [0.15, 0.2) is 37.7 Å². The smallest absolute Gasteiger partial charge is 0.181 e. The summed E-state index contributed by atoms with van der Waals surface area (Å²) >= 11 is 5.20. The van der Waals surface area contributed by atoms with E-state index in [-0.39, 0.29) is 0 Å². The van der Waals surface area contributed by atoms with E-state index in [2.05, 4.69) is 24.2 Å². The summed E-state index contributed by atoms with van der Waals surface area (Å²) in [6, 6.07) is 5.76. The van der Waals surface area contributed by atoms with Gasteiger partial charge in [0.1, 0.15) is 0 Å². The van der Waals surface area contributed by atoms with E-state index >= 15 is 0 Å². The Kier molecular flexibility index (Phi) is 3.26. The Balaban J connectivity index is 2.83. The number of benzene rings is 1. The predicted molar refractivity (Wildman–Crippen MR) is 75.9 cm³/mol. The summed E-state index contributed by atoms with van der Waals surface area (Å²) in [5, 5.41) is 9.08. The van der Waals surface area contributed by atoms with Crippen LogP contribution in [0.5, 0.6) is 0 Å². The summed E-state index contributed by atoms with van der Waals surface area (Å²) in [6.45, 7) is 7.55. The van der Waals surface area contributed by atoms with Crippen molar-refractivity contribution in [2.24, 2.45) is 0 Å². The van der Waals surface area contributed by atoms with Gasteiger partial charge in [0.25, 0.3) is 0 Å². The molecule has 0 saturated carbocycles. The molecule has 1 heterocycles. The Bertz CT molecular complexity index is 713. The number of aromatic amines is 1. The van der Waals surface area contributed by atoms with Crippen LogP contribution in [-0.4, -0.2) is 9.55 Å². The van der Waals surface area contributed by atoms with Crippen molar-refractivity contribution in [2.45, 2.75) is 0 Å². The van der Waals surface area contributed by atoms with Crippen LogP contribution in [0.1, 0.15) is 16.7 Å². The molecule has 2 rings (SSSR count). The van der Waals surface area contributed by atoms with Gasteiger partial charge in [0.05, 0.1) is 17.3 Å². The number of hydrogen-bond acceptors (Lipinski definition) is 2. The molecule has 0 saturated heterocycles. The SMILES string of the molecule is C=Cc1c(C#N)ccc(-n2cc[nH]c2=S)c1C=C. The first kappa shape index (κ1) is 12.1. The number of nitrogens with one attached hydrogen (secondary N) is 1. The maximum atomic E-state index is 9.08. The van der Waals surface area contributed by atoms with Crippen LogP contribution in [0.4, 0.5) is 0 Å². The van der Waals surface area contributed by atoms with Crippen LogP contribution < -0.4 is 0 Å². The van der Waals surface area contributed by atoms with Crippen molar-refractivity contribution >= 4 is 24.4 Å². The van der Waals surface area contributed by atoms with Crippen molar-refractivity contribution < 1.29 is 0 Å². The maximum absolute atomic E-state index is 9.08. The molecule has 0 spiro atoms. The average Bonchev–Trinajstić information content (AvgIpc) is 2.82. The minimum Gasteiger partial charge on any atom is -0.337 e. The quantitative estimate of drug-likeness (QED) is 0.848. The second-order valence-electron chi connectivity index (χ2n) is 3.61. The Hall–Kier alpha value is -2.38. The van der Waals surface area contributed by atoms with E-state index in [4.69, 9.17) is 17.5 Å². The average molecular weight is 253 g/mol. The third kappa shape index (κ3) is 1.81. The summed E-state index contributed by atoms with van der Waals surface area (Å²) in [6.07, 6.45) is 6.97. The van der Waals surface area contributed by atoms with Crippen LogP contribution in [0, 0.1) is 16.1 Å². The van der Waals surface area contributed by atoms with Gasteiger partial charge in [-0.1, -0.05) is 25.3 Å². The zero-order valence-electron chi connectivity index (χ0n) is 9.68. The first-order valence-corrected chi connectivity index (χ1v) is 5.72. The van der Waals surface area contributed by atoms with Crippen molar-refractivity contribution in [3.63, 3.8) is 0 Å². The molecular weight excluding hydrogens is 242 g/mol. The number of nitriles is 1. The number of H-pyrrole nitrogens is 1. The molecule has 0 atom stereocenters. The minimum absolute atomic E-state index is 0.575. The van der Waals surface area contributed by atoms with Crippen molar-refractivity contribution in [1.82, 2.24) is 9.55 Å². The number of rotatable bonds is 3. The van der Waals surface area contributed by atoms with Crippen LogP contribution in [0.25, 0.3) is 17.8 Å². The molecule has 2 aromatic rings. The maximum Gasteiger partial charge on any atom is 0.181 e. The molecule has 3 nitrogen and oxygen atoms in total. The topological polar surface area (TPSA) is 44.5 Å². The third-order valence-corrected chi connectivity index (χ3v) is 3.02. The lowest BCUT2D eigenvalue weighted by Crippen LogP contribution is -1.99. The van der Waals surface area contributed by atoms with E-state index in [9.17, 15) is 0 Å². The number of hydrogen-bond donors (Lipinski definition) is 1. The molecule has 1 aromatic heterocycles. The highest BCUT2D eigenvalue weighted by atomic mass is 32.1. The fourth-order valence-electron chi connectivity index (χ4n) is 1.88. The summed E-state index contributed by atoms with van der Waals surface area (Å²) in [5.74, 6) is 0. The lowest BCUT2D eigenvalue weighted by atomic mass is 9.99. The number of imidazole rings is 1. The first-order chi connectivity index (χ1) is 8.72. The van der Waals surface area contributed by atoms with E-state index < -0.39 is 0 Å². The van der Waals surface area contributed by atoms with Crippen LogP contribution in [-0.2, 0) is 0 Å². The Morgan fingerprint density at radius 2 is 2.00 bits per heavy atom. The monoisotopic (exact) mass is 253 g/mol. The molecular formula is C14H11N3S. The fourth-order valence-corrected chi connectivity index (χ4v) is 2.10. The van der Waals surface area contributed by atoms with Gasteiger partial charge < -0.3 is 4.98 Å². The number of aromatic nitrogens is 2. The Morgan fingerprint density at radius 3 is 2.50 bits per heavy atom. The highest BCUT2D eigenvalue weighted by molar-refractivity contribution is 7.71. The molecule has 0 unspecified atom stereocenters. The minimum atomic E-state index is 0.575. The van der Waals surface area contributed by atoms with E-state index in [1.165, 1.54) is 0 Å². The molecule has 0 bridgehead atoms. The third-order valence-electron chi connectivity index (χ3n) is 2.70. The van der Waals surface area contributed by atoms with Gasteiger partial charge in [0, 0.05) is 23.5 Å². The highest BCUT2D eigenvalue weighted by Crippen LogP contribution is 2.24. The highest BCUT2D eigenvalue weighted by Gasteiger charge is 2.10. The standard InChI is InChI=1S/C14H11N3S/c1-3-11-10(9-15)5-6-13(12(11)4-2)17-8-7-16-14(17)18/h3-8H,1-2H2,(H,16,18). The van der Waals surface area contributed by atoms with Crippen molar-refractivity contribution in [1.29, 1.82) is 5.26 Å². The van der Waals surface area contributed by atoms with Gasteiger partial charge >= 0.3 is 0 Å². The molecule has 1 N–H and O–H groups in total. The zero-order chi connectivity index (χ0) is 13.1. The normalized spacial score (nSPS) is 9.72. The van der Waals surface area contributed by atoms with Gasteiger partial charge in [-0.25, -0.2) is 0 Å². The summed E-state index contributed by atoms with van der Waals surface area (Å²) in [4.78, 5) is 2.94. The van der Waals surface area contributed by atoms with Crippen LogP contribution in [0.3, 0.4) is 0 Å². The van der Waals surface area contributed by atoms with E-state index in [0.717, 1.165) is 16.8 Å².